The summed E-state index contributed by atoms with van der Waals surface area (Å²) in [7, 11) is 0. The first kappa shape index (κ1) is 16.8. The number of hydrogen-bond donors (Lipinski definition) is 2. The fourth-order valence-electron chi connectivity index (χ4n) is 2.18. The largest absolute Gasteiger partial charge is 0.481 e. The summed E-state index contributed by atoms with van der Waals surface area (Å²) in [6.45, 7) is 4.46. The van der Waals surface area contributed by atoms with Crippen molar-refractivity contribution < 1.29 is 19.5 Å². The van der Waals surface area contributed by atoms with Crippen LogP contribution < -0.4 is 5.32 Å². The highest BCUT2D eigenvalue weighted by Gasteiger charge is 2.23. The molecular weight excluding hydrogens is 280 g/mol. The zero-order valence-electron chi connectivity index (χ0n) is 11.9. The van der Waals surface area contributed by atoms with Crippen molar-refractivity contribution in [2.75, 3.05) is 24.7 Å². The second-order valence-corrected chi connectivity index (χ2v) is 6.42. The molecule has 0 radical (unpaired) electrons. The molecule has 1 aliphatic heterocycles. The molecule has 0 spiro atoms. The minimum atomic E-state index is -0.851. The van der Waals surface area contributed by atoms with Crippen LogP contribution in [-0.2, 0) is 14.4 Å². The lowest BCUT2D eigenvalue weighted by molar-refractivity contribution is -0.138. The average molecular weight is 302 g/mol. The molecule has 0 saturated carbocycles. The molecule has 2 N–H and O–H groups in total. The van der Waals surface area contributed by atoms with E-state index in [1.165, 1.54) is 16.7 Å². The molecule has 114 valence electrons. The van der Waals surface area contributed by atoms with Gasteiger partial charge in [-0.3, -0.25) is 14.4 Å². The lowest BCUT2D eigenvalue weighted by Crippen LogP contribution is -2.40. The first-order valence-corrected chi connectivity index (χ1v) is 7.88. The maximum Gasteiger partial charge on any atom is 0.303 e. The number of amides is 2. The van der Waals surface area contributed by atoms with E-state index in [4.69, 9.17) is 5.11 Å². The Morgan fingerprint density at radius 3 is 2.65 bits per heavy atom. The van der Waals surface area contributed by atoms with Crippen LogP contribution in [0.25, 0.3) is 0 Å². The van der Waals surface area contributed by atoms with E-state index in [0.717, 1.165) is 6.42 Å². The van der Waals surface area contributed by atoms with Crippen LogP contribution in [0.3, 0.4) is 0 Å². The minimum Gasteiger partial charge on any atom is -0.481 e. The SMILES string of the molecule is CC(C)C[C@H](CNC(=O)CN1CSCC1=O)CC(=O)O. The number of carboxylic acids is 1. The second-order valence-electron chi connectivity index (χ2n) is 5.47. The fraction of sp³-hybridized carbons (Fsp3) is 0.769. The first-order valence-electron chi connectivity index (χ1n) is 6.72. The van der Waals surface area contributed by atoms with E-state index in [1.807, 2.05) is 13.8 Å². The van der Waals surface area contributed by atoms with Crippen LogP contribution in [0, 0.1) is 11.8 Å². The Balaban J connectivity index is 2.35. The zero-order chi connectivity index (χ0) is 15.1. The summed E-state index contributed by atoms with van der Waals surface area (Å²) in [5.41, 5.74) is 0. The molecule has 0 bridgehead atoms. The standard InChI is InChI=1S/C13H22N2O4S/c1-9(2)3-10(4-13(18)19)5-14-11(16)6-15-8-20-7-12(15)17/h9-10H,3-8H2,1-2H3,(H,14,16)(H,18,19)/t10-/m0/s1. The Morgan fingerprint density at radius 2 is 2.15 bits per heavy atom. The summed E-state index contributed by atoms with van der Waals surface area (Å²) in [5.74, 6) is 0.206. The van der Waals surface area contributed by atoms with Crippen molar-refractivity contribution in [2.45, 2.75) is 26.7 Å². The fourth-order valence-corrected chi connectivity index (χ4v) is 3.08. The molecule has 1 rings (SSSR count). The number of thioether (sulfide) groups is 1. The third-order valence-electron chi connectivity index (χ3n) is 3.02. The van der Waals surface area contributed by atoms with Crippen LogP contribution in [0.1, 0.15) is 26.7 Å². The smallest absolute Gasteiger partial charge is 0.303 e. The van der Waals surface area contributed by atoms with Gasteiger partial charge in [-0.2, -0.15) is 0 Å². The highest BCUT2D eigenvalue weighted by Crippen LogP contribution is 2.16. The number of carboxylic acid groups (broad SMARTS) is 1. The Kier molecular flexibility index (Phi) is 6.84. The summed E-state index contributed by atoms with van der Waals surface area (Å²) in [4.78, 5) is 35.4. The third kappa shape index (κ3) is 6.27. The normalized spacial score (nSPS) is 16.6. The van der Waals surface area contributed by atoms with Crippen LogP contribution in [-0.4, -0.2) is 52.5 Å². The number of carbonyl (C=O) groups is 3. The van der Waals surface area contributed by atoms with E-state index in [2.05, 4.69) is 5.32 Å². The number of aliphatic carboxylic acids is 1. The molecule has 1 aliphatic rings. The summed E-state index contributed by atoms with van der Waals surface area (Å²) < 4.78 is 0. The van der Waals surface area contributed by atoms with Gasteiger partial charge in [0.15, 0.2) is 0 Å². The Bertz CT molecular complexity index is 373. The van der Waals surface area contributed by atoms with Gasteiger partial charge in [0.1, 0.15) is 6.54 Å². The van der Waals surface area contributed by atoms with Gasteiger partial charge in [-0.05, 0) is 18.3 Å². The van der Waals surface area contributed by atoms with Crippen molar-refractivity contribution in [3.8, 4) is 0 Å². The quantitative estimate of drug-likeness (QED) is 0.691. The molecule has 20 heavy (non-hydrogen) atoms. The maximum atomic E-state index is 11.8. The monoisotopic (exact) mass is 302 g/mol. The molecule has 0 aromatic rings. The van der Waals surface area contributed by atoms with Crippen molar-refractivity contribution in [1.29, 1.82) is 0 Å². The van der Waals surface area contributed by atoms with Gasteiger partial charge in [0, 0.05) is 13.0 Å². The Morgan fingerprint density at radius 1 is 1.45 bits per heavy atom. The molecule has 0 aliphatic carbocycles. The van der Waals surface area contributed by atoms with Gasteiger partial charge < -0.3 is 15.3 Å². The van der Waals surface area contributed by atoms with Gasteiger partial charge in [-0.15, -0.1) is 11.8 Å². The van der Waals surface area contributed by atoms with E-state index in [1.54, 1.807) is 0 Å². The molecule has 7 heteroatoms. The van der Waals surface area contributed by atoms with E-state index < -0.39 is 5.97 Å². The highest BCUT2D eigenvalue weighted by atomic mass is 32.2. The van der Waals surface area contributed by atoms with E-state index in [0.29, 0.717) is 24.1 Å². The van der Waals surface area contributed by atoms with Crippen LogP contribution in [0.2, 0.25) is 0 Å². The van der Waals surface area contributed by atoms with Gasteiger partial charge in [-0.25, -0.2) is 0 Å². The predicted octanol–water partition coefficient (Wildman–Crippen LogP) is 0.773. The molecule has 6 nitrogen and oxygen atoms in total. The molecule has 0 unspecified atom stereocenters. The van der Waals surface area contributed by atoms with Crippen molar-refractivity contribution in [1.82, 2.24) is 10.2 Å². The molecule has 0 aromatic heterocycles. The number of hydrogen-bond acceptors (Lipinski definition) is 4. The number of carbonyl (C=O) groups excluding carboxylic acids is 2. The lowest BCUT2D eigenvalue weighted by atomic mass is 9.94. The number of nitrogens with one attached hydrogen (secondary N) is 1. The van der Waals surface area contributed by atoms with E-state index >= 15 is 0 Å². The second kappa shape index (κ2) is 8.14. The van der Waals surface area contributed by atoms with Gasteiger partial charge in [-0.1, -0.05) is 13.8 Å². The van der Waals surface area contributed by atoms with Crippen LogP contribution in [0.4, 0.5) is 0 Å². The summed E-state index contributed by atoms with van der Waals surface area (Å²) in [5, 5.41) is 11.6. The van der Waals surface area contributed by atoms with Gasteiger partial charge in [0.25, 0.3) is 0 Å². The predicted molar refractivity (Wildman–Crippen MR) is 77.2 cm³/mol. The number of rotatable bonds is 8. The molecule has 1 fully saturated rings. The molecule has 1 heterocycles. The summed E-state index contributed by atoms with van der Waals surface area (Å²) in [6.07, 6.45) is 0.808. The minimum absolute atomic E-state index is 0.0191. The molecule has 1 atom stereocenters. The van der Waals surface area contributed by atoms with Gasteiger partial charge in [0.2, 0.25) is 11.8 Å². The summed E-state index contributed by atoms with van der Waals surface area (Å²) in [6, 6.07) is 0. The molecule has 2 amide bonds. The summed E-state index contributed by atoms with van der Waals surface area (Å²) >= 11 is 1.49. The number of nitrogens with zero attached hydrogens (tertiary/aromatic N) is 1. The lowest BCUT2D eigenvalue weighted by Gasteiger charge is -2.19. The maximum absolute atomic E-state index is 11.8. The van der Waals surface area contributed by atoms with E-state index in [-0.39, 0.29) is 30.7 Å². The average Bonchev–Trinajstić information content (AvgIpc) is 2.70. The van der Waals surface area contributed by atoms with Gasteiger partial charge >= 0.3 is 5.97 Å². The van der Waals surface area contributed by atoms with Crippen molar-refractivity contribution >= 4 is 29.5 Å². The van der Waals surface area contributed by atoms with Crippen molar-refractivity contribution in [2.24, 2.45) is 11.8 Å². The first-order chi connectivity index (χ1) is 9.38. The highest BCUT2D eigenvalue weighted by molar-refractivity contribution is 8.00. The van der Waals surface area contributed by atoms with Crippen LogP contribution in [0.5, 0.6) is 0 Å². The van der Waals surface area contributed by atoms with Crippen molar-refractivity contribution in [3.05, 3.63) is 0 Å². The zero-order valence-corrected chi connectivity index (χ0v) is 12.7. The third-order valence-corrected chi connectivity index (χ3v) is 3.96. The van der Waals surface area contributed by atoms with E-state index in [9.17, 15) is 14.4 Å². The topological polar surface area (TPSA) is 86.7 Å². The molecule has 0 aromatic carbocycles. The molecular formula is C13H22N2O4S. The van der Waals surface area contributed by atoms with Crippen LogP contribution in [0.15, 0.2) is 0 Å². The Hall–Kier alpha value is -1.24. The molecule has 1 saturated heterocycles. The Labute approximate surface area is 123 Å². The van der Waals surface area contributed by atoms with Crippen molar-refractivity contribution in [3.63, 3.8) is 0 Å². The van der Waals surface area contributed by atoms with Crippen LogP contribution >= 0.6 is 11.8 Å². The van der Waals surface area contributed by atoms with Gasteiger partial charge in [0.05, 0.1) is 11.6 Å².